The van der Waals surface area contributed by atoms with Gasteiger partial charge in [-0.25, -0.2) is 8.78 Å². The van der Waals surface area contributed by atoms with Crippen LogP contribution in [0.15, 0.2) is 42.5 Å². The summed E-state index contributed by atoms with van der Waals surface area (Å²) in [6.07, 6.45) is 0. The van der Waals surface area contributed by atoms with Crippen LogP contribution in [0.1, 0.15) is 26.3 Å². The second-order valence-electron chi connectivity index (χ2n) is 7.15. The maximum Gasteiger partial charge on any atom is 0.254 e. The van der Waals surface area contributed by atoms with Gasteiger partial charge in [0, 0.05) is 43.9 Å². The topological polar surface area (TPSA) is 43.9 Å². The molecule has 0 bridgehead atoms. The lowest BCUT2D eigenvalue weighted by Crippen LogP contribution is -2.50. The van der Waals surface area contributed by atoms with E-state index in [0.717, 1.165) is 24.2 Å². The van der Waals surface area contributed by atoms with Crippen molar-refractivity contribution in [1.29, 1.82) is 0 Å². The molecular formula is C21H23F2N3O2. The van der Waals surface area contributed by atoms with Crippen molar-refractivity contribution in [3.63, 3.8) is 0 Å². The number of halogens is 2. The summed E-state index contributed by atoms with van der Waals surface area (Å²) in [4.78, 5) is 30.6. The summed E-state index contributed by atoms with van der Waals surface area (Å²) in [6.45, 7) is 2.23. The Morgan fingerprint density at radius 2 is 1.43 bits per heavy atom. The first kappa shape index (κ1) is 19.9. The zero-order valence-electron chi connectivity index (χ0n) is 16.0. The van der Waals surface area contributed by atoms with Gasteiger partial charge in [0.25, 0.3) is 11.8 Å². The fraction of sp³-hybridized carbons (Fsp3) is 0.333. The molecule has 1 fully saturated rings. The molecule has 1 aliphatic rings. The first-order valence-electron chi connectivity index (χ1n) is 9.12. The zero-order chi connectivity index (χ0) is 20.3. The molecule has 2 aromatic rings. The lowest BCUT2D eigenvalue weighted by atomic mass is 10.1. The predicted molar refractivity (Wildman–Crippen MR) is 102 cm³/mol. The second kappa shape index (κ2) is 8.48. The molecule has 0 aliphatic carbocycles. The highest BCUT2D eigenvalue weighted by Gasteiger charge is 2.26. The summed E-state index contributed by atoms with van der Waals surface area (Å²) in [5.41, 5.74) is 1.79. The lowest BCUT2D eigenvalue weighted by Gasteiger charge is -2.35. The molecule has 1 saturated heterocycles. The molecule has 7 heteroatoms. The maximum atomic E-state index is 13.4. The van der Waals surface area contributed by atoms with E-state index in [1.807, 2.05) is 37.2 Å². The van der Waals surface area contributed by atoms with Gasteiger partial charge >= 0.3 is 0 Å². The molecule has 0 saturated carbocycles. The molecule has 2 aromatic carbocycles. The van der Waals surface area contributed by atoms with Gasteiger partial charge in [-0.05, 0) is 50.0 Å². The van der Waals surface area contributed by atoms with Gasteiger partial charge in [0.05, 0.1) is 0 Å². The number of amides is 2. The number of piperazine rings is 1. The summed E-state index contributed by atoms with van der Waals surface area (Å²) < 4.78 is 26.4. The molecule has 28 heavy (non-hydrogen) atoms. The van der Waals surface area contributed by atoms with Crippen LogP contribution in [-0.2, 0) is 6.54 Å². The molecule has 0 aromatic heterocycles. The third-order valence-corrected chi connectivity index (χ3v) is 4.69. The zero-order valence-corrected chi connectivity index (χ0v) is 16.0. The number of hydrogen-bond acceptors (Lipinski definition) is 3. The number of nitrogens with zero attached hydrogens (tertiary/aromatic N) is 3. The fourth-order valence-corrected chi connectivity index (χ4v) is 3.27. The largest absolute Gasteiger partial charge is 0.335 e. The fourth-order valence-electron chi connectivity index (χ4n) is 3.27. The molecular weight excluding hydrogens is 364 g/mol. The van der Waals surface area contributed by atoms with Crippen LogP contribution in [0, 0.1) is 11.6 Å². The highest BCUT2D eigenvalue weighted by atomic mass is 19.2. The Morgan fingerprint density at radius 3 is 1.96 bits per heavy atom. The van der Waals surface area contributed by atoms with Crippen molar-refractivity contribution < 1.29 is 18.4 Å². The van der Waals surface area contributed by atoms with Crippen LogP contribution in [0.5, 0.6) is 0 Å². The Bertz CT molecular complexity index is 878. The number of hydrogen-bond donors (Lipinski definition) is 0. The van der Waals surface area contributed by atoms with Crippen LogP contribution in [0.4, 0.5) is 8.78 Å². The molecule has 5 nitrogen and oxygen atoms in total. The third kappa shape index (κ3) is 4.54. The number of rotatable bonds is 4. The molecule has 3 rings (SSSR count). The van der Waals surface area contributed by atoms with E-state index in [2.05, 4.69) is 0 Å². The number of carbonyl (C=O) groups excluding carboxylic acids is 2. The van der Waals surface area contributed by atoms with Crippen molar-refractivity contribution in [2.45, 2.75) is 6.54 Å². The minimum Gasteiger partial charge on any atom is -0.335 e. The summed E-state index contributed by atoms with van der Waals surface area (Å²) in [7, 11) is 3.94. The van der Waals surface area contributed by atoms with Gasteiger partial charge < -0.3 is 14.7 Å². The third-order valence-electron chi connectivity index (χ3n) is 4.69. The van der Waals surface area contributed by atoms with Crippen LogP contribution in [0.2, 0.25) is 0 Å². The van der Waals surface area contributed by atoms with Crippen molar-refractivity contribution in [1.82, 2.24) is 14.7 Å². The van der Waals surface area contributed by atoms with Gasteiger partial charge in [-0.2, -0.15) is 0 Å². The van der Waals surface area contributed by atoms with Crippen molar-refractivity contribution in [2.75, 3.05) is 40.3 Å². The van der Waals surface area contributed by atoms with E-state index in [1.54, 1.807) is 15.9 Å². The van der Waals surface area contributed by atoms with Crippen molar-refractivity contribution in [3.05, 3.63) is 70.8 Å². The predicted octanol–water partition coefficient (Wildman–Crippen LogP) is 2.62. The molecule has 148 valence electrons. The van der Waals surface area contributed by atoms with E-state index in [4.69, 9.17) is 0 Å². The standard InChI is InChI=1S/C21H23F2N3O2/c1-24(2)14-15-4-3-5-16(12-15)20(27)25-8-10-26(11-9-25)21(28)17-6-7-18(22)19(23)13-17/h3-7,12-13H,8-11,14H2,1-2H3. The van der Waals surface area contributed by atoms with Crippen molar-refractivity contribution in [2.24, 2.45) is 0 Å². The summed E-state index contributed by atoms with van der Waals surface area (Å²) in [5.74, 6) is -2.46. The van der Waals surface area contributed by atoms with Crippen LogP contribution < -0.4 is 0 Å². The summed E-state index contributed by atoms with van der Waals surface area (Å²) in [6, 6.07) is 10.7. The average molecular weight is 387 g/mol. The van der Waals surface area contributed by atoms with Gasteiger partial charge in [-0.1, -0.05) is 12.1 Å². The normalized spacial score (nSPS) is 14.5. The van der Waals surface area contributed by atoms with E-state index in [0.29, 0.717) is 31.7 Å². The van der Waals surface area contributed by atoms with E-state index < -0.39 is 11.6 Å². The minimum atomic E-state index is -1.04. The Balaban J connectivity index is 1.62. The molecule has 2 amide bonds. The van der Waals surface area contributed by atoms with E-state index >= 15 is 0 Å². The molecule has 0 radical (unpaired) electrons. The summed E-state index contributed by atoms with van der Waals surface area (Å²) >= 11 is 0. The Kier molecular flexibility index (Phi) is 6.04. The van der Waals surface area contributed by atoms with Crippen LogP contribution in [-0.4, -0.2) is 66.8 Å². The molecule has 0 unspecified atom stereocenters. The molecule has 0 atom stereocenters. The van der Waals surface area contributed by atoms with E-state index in [1.165, 1.54) is 6.07 Å². The van der Waals surface area contributed by atoms with E-state index in [-0.39, 0.29) is 17.4 Å². The van der Waals surface area contributed by atoms with Crippen LogP contribution in [0.3, 0.4) is 0 Å². The van der Waals surface area contributed by atoms with Gasteiger partial charge in [0.2, 0.25) is 0 Å². The van der Waals surface area contributed by atoms with Gasteiger partial charge in [0.15, 0.2) is 11.6 Å². The van der Waals surface area contributed by atoms with Crippen molar-refractivity contribution >= 4 is 11.8 Å². The SMILES string of the molecule is CN(C)Cc1cccc(C(=O)N2CCN(C(=O)c3ccc(F)c(F)c3)CC2)c1. The Hall–Kier alpha value is -2.80. The number of benzene rings is 2. The van der Waals surface area contributed by atoms with Crippen molar-refractivity contribution in [3.8, 4) is 0 Å². The minimum absolute atomic E-state index is 0.0690. The average Bonchev–Trinajstić information content (AvgIpc) is 2.69. The summed E-state index contributed by atoms with van der Waals surface area (Å²) in [5, 5.41) is 0. The lowest BCUT2D eigenvalue weighted by molar-refractivity contribution is 0.0535. The highest BCUT2D eigenvalue weighted by Crippen LogP contribution is 2.15. The highest BCUT2D eigenvalue weighted by molar-refractivity contribution is 5.96. The van der Waals surface area contributed by atoms with Crippen LogP contribution in [0.25, 0.3) is 0 Å². The quantitative estimate of drug-likeness (QED) is 0.810. The first-order chi connectivity index (χ1) is 13.3. The first-order valence-corrected chi connectivity index (χ1v) is 9.12. The molecule has 0 N–H and O–H groups in total. The van der Waals surface area contributed by atoms with Gasteiger partial charge in [0.1, 0.15) is 0 Å². The second-order valence-corrected chi connectivity index (χ2v) is 7.15. The molecule has 1 heterocycles. The molecule has 0 spiro atoms. The van der Waals surface area contributed by atoms with Crippen LogP contribution >= 0.6 is 0 Å². The Labute approximate surface area is 163 Å². The molecule has 1 aliphatic heterocycles. The van der Waals surface area contributed by atoms with Gasteiger partial charge in [-0.15, -0.1) is 0 Å². The smallest absolute Gasteiger partial charge is 0.254 e. The van der Waals surface area contributed by atoms with Gasteiger partial charge in [-0.3, -0.25) is 9.59 Å². The number of carbonyl (C=O) groups is 2. The maximum absolute atomic E-state index is 13.4. The monoisotopic (exact) mass is 387 g/mol. The van der Waals surface area contributed by atoms with E-state index in [9.17, 15) is 18.4 Å². The Morgan fingerprint density at radius 1 is 0.857 bits per heavy atom.